The summed E-state index contributed by atoms with van der Waals surface area (Å²) in [5.74, 6) is 0.851. The first-order valence-electron chi connectivity index (χ1n) is 9.99. The van der Waals surface area contributed by atoms with E-state index in [1.807, 2.05) is 78.9 Å². The average Bonchev–Trinajstić information content (AvgIpc) is 2.76. The van der Waals surface area contributed by atoms with Crippen LogP contribution in [0.2, 0.25) is 0 Å². The maximum absolute atomic E-state index is 12.0. The Morgan fingerprint density at radius 2 is 1.65 bits per heavy atom. The molecule has 1 aliphatic rings. The predicted molar refractivity (Wildman–Crippen MR) is 121 cm³/mol. The van der Waals surface area contributed by atoms with E-state index in [2.05, 4.69) is 5.32 Å². The zero-order valence-electron chi connectivity index (χ0n) is 16.9. The fraction of sp³-hybridized carbons (Fsp3) is 0.120. The van der Waals surface area contributed by atoms with Crippen LogP contribution in [0.5, 0.6) is 11.5 Å². The van der Waals surface area contributed by atoms with Crippen LogP contribution in [-0.2, 0) is 16.0 Å². The SMILES string of the molecule is NC(=O)[C@@H](N)Cc1ccc(Oc2ccc(/C=C3/CC(=O)Nc4ccccc43)cc2)cc1. The number of anilines is 1. The maximum atomic E-state index is 12.0. The van der Waals surface area contributed by atoms with Crippen molar-refractivity contribution in [2.75, 3.05) is 5.32 Å². The molecular weight excluding hydrogens is 390 g/mol. The Bertz CT molecular complexity index is 1140. The van der Waals surface area contributed by atoms with Gasteiger partial charge in [0, 0.05) is 11.3 Å². The molecule has 3 aromatic rings. The molecule has 0 bridgehead atoms. The van der Waals surface area contributed by atoms with Gasteiger partial charge in [-0.2, -0.15) is 0 Å². The van der Waals surface area contributed by atoms with Gasteiger partial charge in [0.15, 0.2) is 0 Å². The smallest absolute Gasteiger partial charge is 0.234 e. The van der Waals surface area contributed by atoms with Gasteiger partial charge in [0.2, 0.25) is 11.8 Å². The van der Waals surface area contributed by atoms with Gasteiger partial charge in [-0.3, -0.25) is 9.59 Å². The van der Waals surface area contributed by atoms with Gasteiger partial charge in [-0.25, -0.2) is 0 Å². The van der Waals surface area contributed by atoms with Gasteiger partial charge >= 0.3 is 0 Å². The summed E-state index contributed by atoms with van der Waals surface area (Å²) in [6.07, 6.45) is 2.76. The van der Waals surface area contributed by atoms with Crippen LogP contribution in [0, 0.1) is 0 Å². The van der Waals surface area contributed by atoms with Crippen LogP contribution in [0.1, 0.15) is 23.1 Å². The van der Waals surface area contributed by atoms with Crippen molar-refractivity contribution in [2.45, 2.75) is 18.9 Å². The Labute approximate surface area is 180 Å². The van der Waals surface area contributed by atoms with Gasteiger partial charge < -0.3 is 21.5 Å². The number of hydrogen-bond acceptors (Lipinski definition) is 4. The summed E-state index contributed by atoms with van der Waals surface area (Å²) >= 11 is 0. The van der Waals surface area contributed by atoms with Crippen LogP contribution in [0.3, 0.4) is 0 Å². The molecule has 5 N–H and O–H groups in total. The molecule has 156 valence electrons. The monoisotopic (exact) mass is 413 g/mol. The van der Waals surface area contributed by atoms with E-state index < -0.39 is 11.9 Å². The number of fused-ring (bicyclic) bond motifs is 1. The number of nitrogens with one attached hydrogen (secondary N) is 1. The molecule has 6 nitrogen and oxygen atoms in total. The zero-order chi connectivity index (χ0) is 21.8. The molecule has 1 aliphatic heterocycles. The molecule has 1 heterocycles. The minimum absolute atomic E-state index is 0.00913. The number of rotatable bonds is 6. The van der Waals surface area contributed by atoms with Gasteiger partial charge in [-0.05, 0) is 53.5 Å². The van der Waals surface area contributed by atoms with E-state index in [1.165, 1.54) is 0 Å². The summed E-state index contributed by atoms with van der Waals surface area (Å²) in [7, 11) is 0. The number of hydrogen-bond donors (Lipinski definition) is 3. The van der Waals surface area contributed by atoms with Crippen LogP contribution < -0.4 is 21.5 Å². The molecule has 6 heteroatoms. The molecule has 0 saturated carbocycles. The Kier molecular flexibility index (Phi) is 5.82. The number of nitrogens with two attached hydrogens (primary N) is 2. The Hall–Kier alpha value is -3.90. The van der Waals surface area contributed by atoms with Crippen molar-refractivity contribution < 1.29 is 14.3 Å². The Morgan fingerprint density at radius 3 is 2.32 bits per heavy atom. The highest BCUT2D eigenvalue weighted by Crippen LogP contribution is 2.33. The van der Waals surface area contributed by atoms with E-state index in [4.69, 9.17) is 16.2 Å². The first-order valence-corrected chi connectivity index (χ1v) is 9.99. The standard InChI is InChI=1S/C25H23N3O3/c26-22(25(27)30)14-17-7-11-20(12-8-17)31-19-9-5-16(6-10-19)13-18-15-24(29)28-23-4-2-1-3-21(18)23/h1-13,22H,14-15,26H2,(H2,27,30)(H,28,29)/b18-13-/t22-/m0/s1. The van der Waals surface area contributed by atoms with Crippen molar-refractivity contribution in [3.05, 3.63) is 89.5 Å². The van der Waals surface area contributed by atoms with Crippen molar-refractivity contribution in [1.29, 1.82) is 0 Å². The molecule has 2 amide bonds. The molecule has 0 radical (unpaired) electrons. The lowest BCUT2D eigenvalue weighted by molar-refractivity contribution is -0.119. The molecule has 4 rings (SSSR count). The lowest BCUT2D eigenvalue weighted by atomic mass is 9.95. The van der Waals surface area contributed by atoms with Crippen LogP contribution >= 0.6 is 0 Å². The molecule has 0 fully saturated rings. The number of primary amides is 1. The molecule has 0 aliphatic carbocycles. The first kappa shape index (κ1) is 20.4. The minimum atomic E-state index is -0.698. The predicted octanol–water partition coefficient (Wildman–Crippen LogP) is 3.72. The second kappa shape index (κ2) is 8.85. The Morgan fingerprint density at radius 1 is 1.00 bits per heavy atom. The van der Waals surface area contributed by atoms with E-state index >= 15 is 0 Å². The number of carbonyl (C=O) groups excluding carboxylic acids is 2. The average molecular weight is 413 g/mol. The highest BCUT2D eigenvalue weighted by molar-refractivity contribution is 6.08. The van der Waals surface area contributed by atoms with E-state index in [-0.39, 0.29) is 5.91 Å². The van der Waals surface area contributed by atoms with Crippen molar-refractivity contribution in [1.82, 2.24) is 0 Å². The third-order valence-corrected chi connectivity index (χ3v) is 5.10. The third kappa shape index (κ3) is 4.99. The molecule has 0 spiro atoms. The van der Waals surface area contributed by atoms with Crippen molar-refractivity contribution in [3.63, 3.8) is 0 Å². The molecular formula is C25H23N3O3. The van der Waals surface area contributed by atoms with Crippen molar-refractivity contribution in [3.8, 4) is 11.5 Å². The van der Waals surface area contributed by atoms with E-state index in [1.54, 1.807) is 0 Å². The normalized spacial score (nSPS) is 15.1. The topological polar surface area (TPSA) is 107 Å². The lowest BCUT2D eigenvalue weighted by Gasteiger charge is -2.19. The van der Waals surface area contributed by atoms with E-state index in [0.29, 0.717) is 24.3 Å². The van der Waals surface area contributed by atoms with Crippen LogP contribution in [-0.4, -0.2) is 17.9 Å². The number of amides is 2. The van der Waals surface area contributed by atoms with Crippen molar-refractivity contribution >= 4 is 29.2 Å². The van der Waals surface area contributed by atoms with Gasteiger partial charge in [0.05, 0.1) is 12.5 Å². The molecule has 3 aromatic carbocycles. The number of para-hydroxylation sites is 1. The quantitative estimate of drug-likeness (QED) is 0.572. The number of ether oxygens (including phenoxy) is 1. The molecule has 31 heavy (non-hydrogen) atoms. The summed E-state index contributed by atoms with van der Waals surface area (Å²) in [5, 5.41) is 2.90. The highest BCUT2D eigenvalue weighted by atomic mass is 16.5. The Balaban J connectivity index is 1.45. The molecule has 0 aromatic heterocycles. The minimum Gasteiger partial charge on any atom is -0.457 e. The largest absolute Gasteiger partial charge is 0.457 e. The summed E-state index contributed by atoms with van der Waals surface area (Å²) in [4.78, 5) is 23.1. The number of benzene rings is 3. The summed E-state index contributed by atoms with van der Waals surface area (Å²) in [6, 6.07) is 22.2. The summed E-state index contributed by atoms with van der Waals surface area (Å²) in [5.41, 5.74) is 15.7. The van der Waals surface area contributed by atoms with Crippen LogP contribution in [0.15, 0.2) is 72.8 Å². The van der Waals surface area contributed by atoms with Gasteiger partial charge in [0.1, 0.15) is 11.5 Å². The van der Waals surface area contributed by atoms with Gasteiger partial charge in [0.25, 0.3) is 0 Å². The maximum Gasteiger partial charge on any atom is 0.234 e. The second-order valence-corrected chi connectivity index (χ2v) is 7.47. The molecule has 0 saturated heterocycles. The first-order chi connectivity index (χ1) is 15.0. The molecule has 1 atom stereocenters. The van der Waals surface area contributed by atoms with E-state index in [0.717, 1.165) is 28.0 Å². The highest BCUT2D eigenvalue weighted by Gasteiger charge is 2.18. The second-order valence-electron chi connectivity index (χ2n) is 7.47. The van der Waals surface area contributed by atoms with Crippen LogP contribution in [0.25, 0.3) is 11.6 Å². The fourth-order valence-electron chi connectivity index (χ4n) is 3.48. The van der Waals surface area contributed by atoms with Crippen LogP contribution in [0.4, 0.5) is 5.69 Å². The number of carbonyl (C=O) groups is 2. The molecule has 0 unspecified atom stereocenters. The van der Waals surface area contributed by atoms with Gasteiger partial charge in [-0.15, -0.1) is 0 Å². The van der Waals surface area contributed by atoms with E-state index in [9.17, 15) is 9.59 Å². The lowest BCUT2D eigenvalue weighted by Crippen LogP contribution is -2.38. The van der Waals surface area contributed by atoms with Crippen molar-refractivity contribution in [2.24, 2.45) is 11.5 Å². The summed E-state index contributed by atoms with van der Waals surface area (Å²) < 4.78 is 5.90. The zero-order valence-corrected chi connectivity index (χ0v) is 16.9. The van der Waals surface area contributed by atoms with Gasteiger partial charge in [-0.1, -0.05) is 48.5 Å². The third-order valence-electron chi connectivity index (χ3n) is 5.10. The summed E-state index contributed by atoms with van der Waals surface area (Å²) in [6.45, 7) is 0. The fourth-order valence-corrected chi connectivity index (χ4v) is 3.48.